The van der Waals surface area contributed by atoms with E-state index >= 15 is 0 Å². The zero-order chi connectivity index (χ0) is 25.1. The first kappa shape index (κ1) is 23.9. The molecule has 5 nitrogen and oxygen atoms in total. The van der Waals surface area contributed by atoms with Crippen molar-refractivity contribution in [2.45, 2.75) is 19.9 Å². The lowest BCUT2D eigenvalue weighted by molar-refractivity contribution is -0.123. The van der Waals surface area contributed by atoms with Gasteiger partial charge in [-0.25, -0.2) is 4.39 Å². The van der Waals surface area contributed by atoms with Gasteiger partial charge in [0.25, 0.3) is 11.1 Å². The Hall–Kier alpha value is -3.84. The summed E-state index contributed by atoms with van der Waals surface area (Å²) in [7, 11) is 0. The fourth-order valence-corrected chi connectivity index (χ4v) is 5.26. The third kappa shape index (κ3) is 4.79. The number of halogens is 1. The van der Waals surface area contributed by atoms with E-state index in [0.717, 1.165) is 40.2 Å². The molecule has 7 heteroatoms. The summed E-state index contributed by atoms with van der Waals surface area (Å²) >= 11 is 0.931. The Morgan fingerprint density at radius 2 is 1.69 bits per heavy atom. The van der Waals surface area contributed by atoms with Gasteiger partial charge in [0.2, 0.25) is 0 Å². The van der Waals surface area contributed by atoms with E-state index in [1.807, 2.05) is 59.3 Å². The summed E-state index contributed by atoms with van der Waals surface area (Å²) in [6.07, 6.45) is 4.52. The number of aromatic nitrogens is 1. The summed E-state index contributed by atoms with van der Waals surface area (Å²) in [5.41, 5.74) is 3.55. The van der Waals surface area contributed by atoms with E-state index < -0.39 is 0 Å². The Morgan fingerprint density at radius 3 is 2.47 bits per heavy atom. The van der Waals surface area contributed by atoms with Crippen molar-refractivity contribution in [3.8, 4) is 5.75 Å². The topological polar surface area (TPSA) is 51.5 Å². The SMILES string of the molecule is CCc1cccc2c(/C=C3\SC(=O)N(CCOc4ccccc4)C3=O)cn(Cc3ccccc3F)c12. The second-order valence-electron chi connectivity index (χ2n) is 8.47. The van der Waals surface area contributed by atoms with Crippen LogP contribution in [0, 0.1) is 5.82 Å². The molecule has 2 heterocycles. The molecule has 3 aromatic carbocycles. The number of aryl methyl sites for hydroxylation is 1. The first-order chi connectivity index (χ1) is 17.5. The van der Waals surface area contributed by atoms with Crippen LogP contribution >= 0.6 is 11.8 Å². The van der Waals surface area contributed by atoms with Crippen LogP contribution in [0.15, 0.2) is 83.9 Å². The van der Waals surface area contributed by atoms with Crippen molar-refractivity contribution in [2.75, 3.05) is 13.2 Å². The van der Waals surface area contributed by atoms with Crippen LogP contribution in [-0.2, 0) is 17.8 Å². The second kappa shape index (κ2) is 10.4. The minimum absolute atomic E-state index is 0.173. The Kier molecular flexibility index (Phi) is 6.91. The van der Waals surface area contributed by atoms with Gasteiger partial charge in [-0.1, -0.05) is 61.5 Å². The lowest BCUT2D eigenvalue weighted by Crippen LogP contribution is -2.32. The van der Waals surface area contributed by atoms with Crippen LogP contribution in [0.5, 0.6) is 5.75 Å². The van der Waals surface area contributed by atoms with Crippen LogP contribution in [-0.4, -0.2) is 33.8 Å². The smallest absolute Gasteiger partial charge is 0.293 e. The fraction of sp³-hybridized carbons (Fsp3) is 0.172. The third-order valence-electron chi connectivity index (χ3n) is 6.18. The van der Waals surface area contributed by atoms with E-state index in [1.165, 1.54) is 11.0 Å². The number of hydrogen-bond donors (Lipinski definition) is 0. The van der Waals surface area contributed by atoms with Crippen molar-refractivity contribution in [3.05, 3.63) is 106 Å². The number of ether oxygens (including phenoxy) is 1. The van der Waals surface area contributed by atoms with Gasteiger partial charge in [-0.05, 0) is 48.0 Å². The number of rotatable bonds is 8. The molecule has 5 rings (SSSR count). The zero-order valence-corrected chi connectivity index (χ0v) is 20.6. The normalized spacial score (nSPS) is 14.8. The lowest BCUT2D eigenvalue weighted by atomic mass is 10.1. The Morgan fingerprint density at radius 1 is 0.944 bits per heavy atom. The first-order valence-electron chi connectivity index (χ1n) is 11.8. The third-order valence-corrected chi connectivity index (χ3v) is 7.09. The van der Waals surface area contributed by atoms with Gasteiger partial charge in [0, 0.05) is 22.7 Å². The highest BCUT2D eigenvalue weighted by atomic mass is 32.2. The summed E-state index contributed by atoms with van der Waals surface area (Å²) in [5.74, 6) is 0.103. The number of para-hydroxylation sites is 2. The van der Waals surface area contributed by atoms with Gasteiger partial charge in [-0.2, -0.15) is 0 Å². The van der Waals surface area contributed by atoms with E-state index in [-0.39, 0.29) is 30.1 Å². The Balaban J connectivity index is 1.42. The van der Waals surface area contributed by atoms with Gasteiger partial charge in [-0.15, -0.1) is 0 Å². The van der Waals surface area contributed by atoms with E-state index in [2.05, 4.69) is 13.0 Å². The first-order valence-corrected chi connectivity index (χ1v) is 12.6. The fourth-order valence-electron chi connectivity index (χ4n) is 4.41. The predicted octanol–water partition coefficient (Wildman–Crippen LogP) is 6.51. The maximum absolute atomic E-state index is 14.4. The molecular formula is C29H25FN2O3S. The van der Waals surface area contributed by atoms with Crippen molar-refractivity contribution in [3.63, 3.8) is 0 Å². The average Bonchev–Trinajstić information content (AvgIpc) is 3.37. The summed E-state index contributed by atoms with van der Waals surface area (Å²) < 4.78 is 22.1. The van der Waals surface area contributed by atoms with E-state index in [0.29, 0.717) is 22.8 Å². The van der Waals surface area contributed by atoms with E-state index in [4.69, 9.17) is 4.74 Å². The van der Waals surface area contributed by atoms with Crippen molar-refractivity contribution < 1.29 is 18.7 Å². The average molecular weight is 501 g/mol. The lowest BCUT2D eigenvalue weighted by Gasteiger charge is -2.13. The quantitative estimate of drug-likeness (QED) is 0.259. The minimum Gasteiger partial charge on any atom is -0.492 e. The largest absolute Gasteiger partial charge is 0.492 e. The Labute approximate surface area is 213 Å². The molecular weight excluding hydrogens is 475 g/mol. The number of thioether (sulfide) groups is 1. The summed E-state index contributed by atoms with van der Waals surface area (Å²) in [5, 5.41) is 0.650. The van der Waals surface area contributed by atoms with Gasteiger partial charge < -0.3 is 9.30 Å². The molecule has 182 valence electrons. The molecule has 1 saturated heterocycles. The highest BCUT2D eigenvalue weighted by molar-refractivity contribution is 8.18. The molecule has 0 unspecified atom stereocenters. The number of benzene rings is 3. The molecule has 1 aliphatic heterocycles. The van der Waals surface area contributed by atoms with Gasteiger partial charge in [0.05, 0.1) is 23.5 Å². The molecule has 0 aliphatic carbocycles. The summed E-state index contributed by atoms with van der Waals surface area (Å²) in [4.78, 5) is 27.3. The number of amides is 2. The van der Waals surface area contributed by atoms with E-state index in [1.54, 1.807) is 18.2 Å². The van der Waals surface area contributed by atoms with Crippen molar-refractivity contribution in [1.82, 2.24) is 9.47 Å². The molecule has 0 atom stereocenters. The summed E-state index contributed by atoms with van der Waals surface area (Å²) in [6.45, 7) is 2.84. The van der Waals surface area contributed by atoms with Crippen LogP contribution in [0.3, 0.4) is 0 Å². The van der Waals surface area contributed by atoms with Crippen LogP contribution < -0.4 is 4.74 Å². The molecule has 0 spiro atoms. The number of hydrogen-bond acceptors (Lipinski definition) is 4. The van der Waals surface area contributed by atoms with Gasteiger partial charge in [0.1, 0.15) is 18.2 Å². The number of carbonyl (C=O) groups excluding carboxylic acids is 2. The van der Waals surface area contributed by atoms with Gasteiger partial charge >= 0.3 is 0 Å². The Bertz CT molecular complexity index is 1460. The van der Waals surface area contributed by atoms with Crippen molar-refractivity contribution in [1.29, 1.82) is 0 Å². The summed E-state index contributed by atoms with van der Waals surface area (Å²) in [6, 6.07) is 22.1. The molecule has 1 aromatic heterocycles. The van der Waals surface area contributed by atoms with Crippen LogP contribution in [0.1, 0.15) is 23.6 Å². The highest BCUT2D eigenvalue weighted by Crippen LogP contribution is 2.35. The molecule has 1 aliphatic rings. The monoisotopic (exact) mass is 500 g/mol. The highest BCUT2D eigenvalue weighted by Gasteiger charge is 2.35. The van der Waals surface area contributed by atoms with Crippen LogP contribution in [0.4, 0.5) is 9.18 Å². The second-order valence-corrected chi connectivity index (χ2v) is 9.46. The predicted molar refractivity (Wildman–Crippen MR) is 141 cm³/mol. The number of carbonyl (C=O) groups is 2. The number of fused-ring (bicyclic) bond motifs is 1. The minimum atomic E-state index is -0.330. The molecule has 2 amide bonds. The van der Waals surface area contributed by atoms with Crippen molar-refractivity contribution in [2.24, 2.45) is 0 Å². The number of nitrogens with zero attached hydrogens (tertiary/aromatic N) is 2. The number of imide groups is 1. The van der Waals surface area contributed by atoms with E-state index in [9.17, 15) is 14.0 Å². The zero-order valence-electron chi connectivity index (χ0n) is 19.8. The van der Waals surface area contributed by atoms with Crippen molar-refractivity contribution >= 4 is 39.9 Å². The molecule has 1 fully saturated rings. The molecule has 4 aromatic rings. The van der Waals surface area contributed by atoms with Gasteiger partial charge in [0.15, 0.2) is 0 Å². The molecule has 0 N–H and O–H groups in total. The maximum atomic E-state index is 14.4. The molecule has 36 heavy (non-hydrogen) atoms. The molecule has 0 saturated carbocycles. The van der Waals surface area contributed by atoms with Crippen LogP contribution in [0.2, 0.25) is 0 Å². The standard InChI is InChI=1S/C29H25FN2O3S/c1-2-20-10-8-13-24-22(19-31(27(20)24)18-21-9-6-7-14-25(21)30)17-26-28(33)32(29(34)36-26)15-16-35-23-11-4-3-5-12-23/h3-14,17,19H,2,15-16,18H2,1H3/b26-17-. The van der Waals surface area contributed by atoms with Gasteiger partial charge in [-0.3, -0.25) is 14.5 Å². The molecule has 0 radical (unpaired) electrons. The van der Waals surface area contributed by atoms with Crippen LogP contribution in [0.25, 0.3) is 17.0 Å². The maximum Gasteiger partial charge on any atom is 0.293 e. The molecule has 0 bridgehead atoms.